The maximum Gasteiger partial charge on any atom is 0.270 e. The number of carbonyl (C=O) groups is 2. The number of hydrogen-bond acceptors (Lipinski definition) is 5. The first-order chi connectivity index (χ1) is 16.9. The van der Waals surface area contributed by atoms with Crippen molar-refractivity contribution in [2.24, 2.45) is 5.92 Å². The summed E-state index contributed by atoms with van der Waals surface area (Å²) in [5.41, 5.74) is 1.97. The molecule has 3 N–H and O–H groups in total. The average Bonchev–Trinajstić information content (AvgIpc) is 2.87. The summed E-state index contributed by atoms with van der Waals surface area (Å²) in [7, 11) is 0. The summed E-state index contributed by atoms with van der Waals surface area (Å²) in [6.45, 7) is 1.03. The van der Waals surface area contributed by atoms with Gasteiger partial charge in [-0.2, -0.15) is 0 Å². The van der Waals surface area contributed by atoms with E-state index in [4.69, 9.17) is 27.9 Å². The second kappa shape index (κ2) is 10.3. The standard InChI is InChI=1S/C26H26Cl2N4O3/c27-17-4-9-21-16(11-17)3-8-22(32-21)26(34)31-19-6-1-15(2-7-19)25(33)30-14-20-13-29-23-12-18(28)5-10-24(23)35-20/h3-5,8-12,15,19-20,29H,1-2,6-7,13-14H2,(H,30,33)(H,31,34). The number of anilines is 1. The van der Waals surface area contributed by atoms with Gasteiger partial charge in [-0.3, -0.25) is 9.59 Å². The number of nitrogens with one attached hydrogen (secondary N) is 3. The molecule has 0 saturated heterocycles. The summed E-state index contributed by atoms with van der Waals surface area (Å²) in [6, 6.07) is 14.4. The van der Waals surface area contributed by atoms with E-state index in [0.29, 0.717) is 28.8 Å². The summed E-state index contributed by atoms with van der Waals surface area (Å²) in [6.07, 6.45) is 2.82. The van der Waals surface area contributed by atoms with Crippen LogP contribution in [-0.4, -0.2) is 42.0 Å². The zero-order valence-corrected chi connectivity index (χ0v) is 20.5. The number of hydrogen-bond donors (Lipinski definition) is 3. The molecular weight excluding hydrogens is 487 g/mol. The molecule has 2 amide bonds. The van der Waals surface area contributed by atoms with Crippen molar-refractivity contribution in [2.45, 2.75) is 37.8 Å². The number of amides is 2. The van der Waals surface area contributed by atoms with Gasteiger partial charge in [0.25, 0.3) is 5.91 Å². The molecule has 182 valence electrons. The maximum atomic E-state index is 12.7. The van der Waals surface area contributed by atoms with Crippen molar-refractivity contribution in [3.63, 3.8) is 0 Å². The Morgan fingerprint density at radius 3 is 2.60 bits per heavy atom. The molecule has 2 aromatic carbocycles. The van der Waals surface area contributed by atoms with Crippen molar-refractivity contribution in [3.8, 4) is 5.75 Å². The summed E-state index contributed by atoms with van der Waals surface area (Å²) >= 11 is 12.0. The average molecular weight is 513 g/mol. The van der Waals surface area contributed by atoms with Gasteiger partial charge in [0.1, 0.15) is 17.5 Å². The molecule has 5 rings (SSSR count). The highest BCUT2D eigenvalue weighted by molar-refractivity contribution is 6.31. The van der Waals surface area contributed by atoms with Crippen molar-refractivity contribution in [1.82, 2.24) is 15.6 Å². The van der Waals surface area contributed by atoms with Crippen LogP contribution in [0.1, 0.15) is 36.2 Å². The molecule has 7 nitrogen and oxygen atoms in total. The van der Waals surface area contributed by atoms with E-state index in [2.05, 4.69) is 20.9 Å². The summed E-state index contributed by atoms with van der Waals surface area (Å²) in [5, 5.41) is 11.6. The number of nitrogens with zero attached hydrogens (tertiary/aromatic N) is 1. The van der Waals surface area contributed by atoms with Crippen LogP contribution in [0.2, 0.25) is 10.0 Å². The highest BCUT2D eigenvalue weighted by Crippen LogP contribution is 2.31. The lowest BCUT2D eigenvalue weighted by Gasteiger charge is -2.30. The molecule has 1 aliphatic heterocycles. The second-order valence-electron chi connectivity index (χ2n) is 9.06. The Bertz CT molecular complexity index is 1260. The minimum Gasteiger partial charge on any atom is -0.485 e. The van der Waals surface area contributed by atoms with E-state index < -0.39 is 0 Å². The van der Waals surface area contributed by atoms with E-state index in [1.165, 1.54) is 0 Å². The van der Waals surface area contributed by atoms with Gasteiger partial charge in [0.2, 0.25) is 5.91 Å². The van der Waals surface area contributed by atoms with Crippen molar-refractivity contribution in [3.05, 3.63) is 64.3 Å². The second-order valence-corrected chi connectivity index (χ2v) is 9.93. The van der Waals surface area contributed by atoms with E-state index >= 15 is 0 Å². The molecule has 1 aliphatic carbocycles. The minimum absolute atomic E-state index is 0.0310. The van der Waals surface area contributed by atoms with Crippen LogP contribution in [0.5, 0.6) is 5.75 Å². The number of pyridine rings is 1. The molecule has 0 bridgehead atoms. The van der Waals surface area contributed by atoms with Crippen molar-refractivity contribution < 1.29 is 14.3 Å². The highest BCUT2D eigenvalue weighted by Gasteiger charge is 2.28. The SMILES string of the molecule is O=C(NC1CCC(C(=O)NCC2CNc3cc(Cl)ccc3O2)CC1)c1ccc2cc(Cl)ccc2n1. The Kier molecular flexibility index (Phi) is 6.97. The number of fused-ring (bicyclic) bond motifs is 2. The first-order valence-electron chi connectivity index (χ1n) is 11.8. The zero-order chi connectivity index (χ0) is 24.4. The molecule has 2 heterocycles. The number of benzene rings is 2. The minimum atomic E-state index is -0.196. The third-order valence-corrected chi connectivity index (χ3v) is 7.05. The normalized spacial score (nSPS) is 21.4. The summed E-state index contributed by atoms with van der Waals surface area (Å²) in [5.74, 6) is 0.517. The van der Waals surface area contributed by atoms with Gasteiger partial charge in [-0.15, -0.1) is 0 Å². The quantitative estimate of drug-likeness (QED) is 0.455. The largest absolute Gasteiger partial charge is 0.485 e. The molecule has 9 heteroatoms. The molecule has 1 atom stereocenters. The van der Waals surface area contributed by atoms with Gasteiger partial charge in [-0.25, -0.2) is 4.98 Å². The van der Waals surface area contributed by atoms with E-state index in [-0.39, 0.29) is 29.9 Å². The van der Waals surface area contributed by atoms with Gasteiger partial charge < -0.3 is 20.7 Å². The highest BCUT2D eigenvalue weighted by atomic mass is 35.5. The number of halogens is 2. The van der Waals surface area contributed by atoms with E-state index in [9.17, 15) is 9.59 Å². The Hall–Kier alpha value is -3.03. The zero-order valence-electron chi connectivity index (χ0n) is 19.0. The molecule has 35 heavy (non-hydrogen) atoms. The fraction of sp³-hybridized carbons (Fsp3) is 0.346. The van der Waals surface area contributed by atoms with Gasteiger partial charge in [0, 0.05) is 27.4 Å². The van der Waals surface area contributed by atoms with Crippen LogP contribution < -0.4 is 20.7 Å². The molecule has 0 spiro atoms. The summed E-state index contributed by atoms with van der Waals surface area (Å²) < 4.78 is 5.96. The lowest BCUT2D eigenvalue weighted by molar-refractivity contribution is -0.126. The van der Waals surface area contributed by atoms with Gasteiger partial charge >= 0.3 is 0 Å². The fourth-order valence-electron chi connectivity index (χ4n) is 4.64. The lowest BCUT2D eigenvalue weighted by atomic mass is 9.85. The maximum absolute atomic E-state index is 12.7. The van der Waals surface area contributed by atoms with Crippen molar-refractivity contribution >= 4 is 51.6 Å². The van der Waals surface area contributed by atoms with Crippen LogP contribution in [0.25, 0.3) is 10.9 Å². The van der Waals surface area contributed by atoms with Gasteiger partial charge in [-0.05, 0) is 68.1 Å². The predicted octanol–water partition coefficient (Wildman–Crippen LogP) is 4.82. The first-order valence-corrected chi connectivity index (χ1v) is 12.5. The van der Waals surface area contributed by atoms with E-state index in [0.717, 1.165) is 48.0 Å². The van der Waals surface area contributed by atoms with Gasteiger partial charge in [-0.1, -0.05) is 29.3 Å². The van der Waals surface area contributed by atoms with Crippen LogP contribution >= 0.6 is 23.2 Å². The summed E-state index contributed by atoms with van der Waals surface area (Å²) in [4.78, 5) is 29.9. The predicted molar refractivity (Wildman–Crippen MR) is 137 cm³/mol. The molecule has 1 saturated carbocycles. The van der Waals surface area contributed by atoms with E-state index in [1.54, 1.807) is 24.3 Å². The molecule has 1 unspecified atom stereocenters. The Morgan fingerprint density at radius 2 is 1.77 bits per heavy atom. The molecule has 1 aromatic heterocycles. The number of aromatic nitrogens is 1. The number of rotatable bonds is 5. The van der Waals surface area contributed by atoms with Crippen LogP contribution in [0.15, 0.2) is 48.5 Å². The monoisotopic (exact) mass is 512 g/mol. The Labute approximate surface area is 213 Å². The molecular formula is C26H26Cl2N4O3. The van der Waals surface area contributed by atoms with Gasteiger partial charge in [0.05, 0.1) is 24.3 Å². The van der Waals surface area contributed by atoms with Crippen LogP contribution in [0, 0.1) is 5.92 Å². The number of carbonyl (C=O) groups excluding carboxylic acids is 2. The topological polar surface area (TPSA) is 92.4 Å². The van der Waals surface area contributed by atoms with Crippen LogP contribution in [0.3, 0.4) is 0 Å². The van der Waals surface area contributed by atoms with Crippen LogP contribution in [0.4, 0.5) is 5.69 Å². The third kappa shape index (κ3) is 5.63. The molecule has 1 fully saturated rings. The molecule has 2 aliphatic rings. The fourth-order valence-corrected chi connectivity index (χ4v) is 5.00. The molecule has 3 aromatic rings. The smallest absolute Gasteiger partial charge is 0.270 e. The first kappa shape index (κ1) is 23.7. The lowest BCUT2D eigenvalue weighted by Crippen LogP contribution is -2.45. The van der Waals surface area contributed by atoms with Crippen molar-refractivity contribution in [1.29, 1.82) is 0 Å². The van der Waals surface area contributed by atoms with Crippen LogP contribution in [-0.2, 0) is 4.79 Å². The van der Waals surface area contributed by atoms with Crippen molar-refractivity contribution in [2.75, 3.05) is 18.4 Å². The number of ether oxygens (including phenoxy) is 1. The Balaban J connectivity index is 1.07. The Morgan fingerprint density at radius 1 is 1.00 bits per heavy atom. The third-order valence-electron chi connectivity index (χ3n) is 6.58. The van der Waals surface area contributed by atoms with E-state index in [1.807, 2.05) is 24.3 Å². The van der Waals surface area contributed by atoms with Gasteiger partial charge in [0.15, 0.2) is 0 Å². The molecule has 0 radical (unpaired) electrons.